The topological polar surface area (TPSA) is 113 Å². The molecule has 3 amide bonds. The van der Waals surface area contributed by atoms with Crippen molar-refractivity contribution in [3.8, 4) is 0 Å². The molecular weight excluding hydrogens is 250 g/mol. The van der Waals surface area contributed by atoms with Crippen LogP contribution in [0.15, 0.2) is 0 Å². The molecule has 0 spiro atoms. The Morgan fingerprint density at radius 2 is 2.16 bits per heavy atom. The number of carbonyl (C=O) groups is 3. The minimum absolute atomic E-state index is 0.123. The Morgan fingerprint density at radius 3 is 2.74 bits per heavy atom. The number of nitrogens with one attached hydrogen (secondary N) is 1. The number of nitrogens with two attached hydrogens (primary N) is 1. The number of hydrogen-bond donors (Lipinski definition) is 3. The van der Waals surface area contributed by atoms with Gasteiger partial charge in [0.2, 0.25) is 5.91 Å². The number of likely N-dealkylation sites (tertiary alicyclic amines) is 1. The predicted molar refractivity (Wildman–Crippen MR) is 68.4 cm³/mol. The van der Waals surface area contributed by atoms with E-state index in [-0.39, 0.29) is 18.4 Å². The third kappa shape index (κ3) is 5.15. The van der Waals surface area contributed by atoms with Crippen LogP contribution < -0.4 is 11.1 Å². The van der Waals surface area contributed by atoms with E-state index in [2.05, 4.69) is 5.32 Å². The van der Waals surface area contributed by atoms with Gasteiger partial charge in [-0.2, -0.15) is 0 Å². The summed E-state index contributed by atoms with van der Waals surface area (Å²) in [6.45, 7) is 2.69. The zero-order valence-corrected chi connectivity index (χ0v) is 11.1. The van der Waals surface area contributed by atoms with Crippen LogP contribution in [-0.4, -0.2) is 47.0 Å². The number of carboxylic acids is 1. The van der Waals surface area contributed by atoms with Gasteiger partial charge in [0.25, 0.3) is 0 Å². The van der Waals surface area contributed by atoms with Crippen molar-refractivity contribution in [3.63, 3.8) is 0 Å². The molecule has 1 rings (SSSR count). The van der Waals surface area contributed by atoms with Crippen molar-refractivity contribution in [2.45, 2.75) is 38.6 Å². The highest BCUT2D eigenvalue weighted by molar-refractivity contribution is 5.85. The van der Waals surface area contributed by atoms with Crippen LogP contribution in [0, 0.1) is 5.92 Å². The summed E-state index contributed by atoms with van der Waals surface area (Å²) < 4.78 is 0. The monoisotopic (exact) mass is 271 g/mol. The van der Waals surface area contributed by atoms with Crippen LogP contribution >= 0.6 is 0 Å². The highest BCUT2D eigenvalue weighted by Crippen LogP contribution is 2.21. The average Bonchev–Trinajstić information content (AvgIpc) is 2.36. The quantitative estimate of drug-likeness (QED) is 0.660. The summed E-state index contributed by atoms with van der Waals surface area (Å²) in [5.41, 5.74) is 5.08. The van der Waals surface area contributed by atoms with Gasteiger partial charge in [0.15, 0.2) is 0 Å². The van der Waals surface area contributed by atoms with Gasteiger partial charge in [-0.15, -0.1) is 0 Å². The Balaban J connectivity index is 2.43. The summed E-state index contributed by atoms with van der Waals surface area (Å²) in [5, 5.41) is 11.2. The van der Waals surface area contributed by atoms with Crippen molar-refractivity contribution in [2.24, 2.45) is 11.7 Å². The van der Waals surface area contributed by atoms with Gasteiger partial charge in [0.1, 0.15) is 6.04 Å². The predicted octanol–water partition coefficient (Wildman–Crippen LogP) is 0.147. The second-order valence-electron chi connectivity index (χ2n) is 4.96. The van der Waals surface area contributed by atoms with E-state index in [1.807, 2.05) is 0 Å². The van der Waals surface area contributed by atoms with Crippen molar-refractivity contribution < 1.29 is 19.5 Å². The van der Waals surface area contributed by atoms with Gasteiger partial charge in [-0.3, -0.25) is 9.59 Å². The van der Waals surface area contributed by atoms with E-state index < -0.39 is 17.9 Å². The largest absolute Gasteiger partial charge is 0.481 e. The van der Waals surface area contributed by atoms with Crippen LogP contribution in [0.2, 0.25) is 0 Å². The number of hydrogen-bond acceptors (Lipinski definition) is 3. The summed E-state index contributed by atoms with van der Waals surface area (Å²) >= 11 is 0. The normalized spacial score (nSPS) is 20.7. The lowest BCUT2D eigenvalue weighted by molar-refractivity contribution is -0.137. The molecule has 108 valence electrons. The van der Waals surface area contributed by atoms with Gasteiger partial charge in [0.05, 0.1) is 0 Å². The van der Waals surface area contributed by atoms with Crippen LogP contribution in [0.3, 0.4) is 0 Å². The summed E-state index contributed by atoms with van der Waals surface area (Å²) in [7, 11) is 0. The summed E-state index contributed by atoms with van der Waals surface area (Å²) in [6.07, 6.45) is 2.48. The summed E-state index contributed by atoms with van der Waals surface area (Å²) in [4.78, 5) is 34.9. The van der Waals surface area contributed by atoms with Gasteiger partial charge >= 0.3 is 12.0 Å². The Kier molecular flexibility index (Phi) is 5.59. The molecule has 0 aliphatic carbocycles. The van der Waals surface area contributed by atoms with Crippen molar-refractivity contribution in [1.82, 2.24) is 10.2 Å². The molecule has 1 saturated heterocycles. The van der Waals surface area contributed by atoms with Crippen LogP contribution in [0.25, 0.3) is 0 Å². The Labute approximate surface area is 112 Å². The highest BCUT2D eigenvalue weighted by Gasteiger charge is 2.25. The van der Waals surface area contributed by atoms with Gasteiger partial charge in [0, 0.05) is 19.5 Å². The van der Waals surface area contributed by atoms with Gasteiger partial charge in [-0.25, -0.2) is 4.79 Å². The van der Waals surface area contributed by atoms with E-state index >= 15 is 0 Å². The molecule has 19 heavy (non-hydrogen) atoms. The van der Waals surface area contributed by atoms with E-state index in [9.17, 15) is 14.4 Å². The fourth-order valence-corrected chi connectivity index (χ4v) is 2.16. The standard InChI is InChI=1S/C12H21N3O4/c1-8(11(13)18)14-12(19)15-6-2-3-9(7-15)4-5-10(16)17/h8-9H,2-7H2,1H3,(H2,13,18)(H,14,19)(H,16,17). The lowest BCUT2D eigenvalue weighted by Gasteiger charge is -2.33. The van der Waals surface area contributed by atoms with Gasteiger partial charge < -0.3 is 21.1 Å². The fraction of sp³-hybridized carbons (Fsp3) is 0.750. The number of aliphatic carboxylic acids is 1. The van der Waals surface area contributed by atoms with Gasteiger partial charge in [-0.1, -0.05) is 0 Å². The number of nitrogens with zero attached hydrogens (tertiary/aromatic N) is 1. The molecule has 0 aromatic heterocycles. The van der Waals surface area contributed by atoms with Crippen molar-refractivity contribution in [3.05, 3.63) is 0 Å². The lowest BCUT2D eigenvalue weighted by Crippen LogP contribution is -2.51. The first-order valence-corrected chi connectivity index (χ1v) is 6.46. The van der Waals surface area contributed by atoms with Crippen molar-refractivity contribution in [2.75, 3.05) is 13.1 Å². The van der Waals surface area contributed by atoms with Gasteiger partial charge in [-0.05, 0) is 32.1 Å². The summed E-state index contributed by atoms with van der Waals surface area (Å²) in [6, 6.07) is -1.02. The maximum Gasteiger partial charge on any atom is 0.318 e. The first kappa shape index (κ1) is 15.3. The molecule has 1 fully saturated rings. The number of carbonyl (C=O) groups excluding carboxylic acids is 2. The second-order valence-corrected chi connectivity index (χ2v) is 4.96. The summed E-state index contributed by atoms with van der Waals surface area (Å²) in [5.74, 6) is -1.18. The third-order valence-corrected chi connectivity index (χ3v) is 3.34. The maximum atomic E-state index is 11.9. The molecule has 1 aliphatic rings. The molecule has 0 bridgehead atoms. The SMILES string of the molecule is CC(NC(=O)N1CCCC(CCC(=O)O)C1)C(N)=O. The Hall–Kier alpha value is -1.79. The van der Waals surface area contributed by atoms with E-state index in [4.69, 9.17) is 10.8 Å². The molecule has 2 atom stereocenters. The van der Waals surface area contributed by atoms with Crippen LogP contribution in [-0.2, 0) is 9.59 Å². The van der Waals surface area contributed by atoms with E-state index in [1.165, 1.54) is 6.92 Å². The first-order chi connectivity index (χ1) is 8.90. The van der Waals surface area contributed by atoms with Crippen molar-refractivity contribution >= 4 is 17.9 Å². The highest BCUT2D eigenvalue weighted by atomic mass is 16.4. The molecule has 0 aromatic carbocycles. The molecule has 0 radical (unpaired) electrons. The van der Waals surface area contributed by atoms with E-state index in [1.54, 1.807) is 4.90 Å². The number of urea groups is 1. The number of carboxylic acid groups (broad SMARTS) is 1. The molecule has 2 unspecified atom stereocenters. The van der Waals surface area contributed by atoms with Crippen LogP contribution in [0.5, 0.6) is 0 Å². The molecule has 1 aliphatic heterocycles. The smallest absolute Gasteiger partial charge is 0.318 e. The fourth-order valence-electron chi connectivity index (χ4n) is 2.16. The first-order valence-electron chi connectivity index (χ1n) is 6.46. The molecular formula is C12H21N3O4. The van der Waals surface area contributed by atoms with Crippen LogP contribution in [0.4, 0.5) is 4.79 Å². The average molecular weight is 271 g/mol. The lowest BCUT2D eigenvalue weighted by atomic mass is 9.93. The number of piperidine rings is 1. The molecule has 4 N–H and O–H groups in total. The van der Waals surface area contributed by atoms with E-state index in [0.717, 1.165) is 12.8 Å². The number of primary amides is 1. The zero-order valence-electron chi connectivity index (χ0n) is 11.1. The second kappa shape index (κ2) is 6.96. The molecule has 7 heteroatoms. The Morgan fingerprint density at radius 1 is 1.47 bits per heavy atom. The molecule has 0 saturated carbocycles. The minimum Gasteiger partial charge on any atom is -0.481 e. The Bertz CT molecular complexity index is 359. The van der Waals surface area contributed by atoms with E-state index in [0.29, 0.717) is 19.5 Å². The van der Waals surface area contributed by atoms with Crippen LogP contribution in [0.1, 0.15) is 32.6 Å². The molecule has 1 heterocycles. The number of amides is 3. The molecule has 0 aromatic rings. The maximum absolute atomic E-state index is 11.9. The molecule has 7 nitrogen and oxygen atoms in total. The third-order valence-electron chi connectivity index (χ3n) is 3.34. The zero-order chi connectivity index (χ0) is 14.4. The van der Waals surface area contributed by atoms with Crippen molar-refractivity contribution in [1.29, 1.82) is 0 Å². The number of rotatable bonds is 5. The minimum atomic E-state index is -0.816.